The number of hydrogen-bond acceptors (Lipinski definition) is 15. The third-order valence-electron chi connectivity index (χ3n) is 6.72. The Morgan fingerprint density at radius 3 is 2.65 bits per heavy atom. The van der Waals surface area contributed by atoms with Gasteiger partial charge in [0.2, 0.25) is 11.8 Å². The molecule has 7 atom stereocenters. The normalized spacial score (nSPS) is 27.9. The fraction of sp³-hybridized carbons (Fsp3) is 0.652. The van der Waals surface area contributed by atoms with E-state index in [0.29, 0.717) is 11.4 Å². The Balaban J connectivity index is 1.53. The Hall–Kier alpha value is -3.06. The summed E-state index contributed by atoms with van der Waals surface area (Å²) < 4.78 is 37.4. The summed E-state index contributed by atoms with van der Waals surface area (Å²) in [4.78, 5) is 49.9. The van der Waals surface area contributed by atoms with Gasteiger partial charge in [0.05, 0.1) is 26.1 Å². The molecule has 0 aromatic carbocycles. The molecule has 0 radical (unpaired) electrons. The van der Waals surface area contributed by atoms with Crippen molar-refractivity contribution in [3.8, 4) is 5.88 Å². The molecule has 2 unspecified atom stereocenters. The maximum Gasteiger partial charge on any atom is 0.327 e. The molecule has 0 spiro atoms. The van der Waals surface area contributed by atoms with Crippen LogP contribution in [0.5, 0.6) is 5.88 Å². The molecule has 3 amide bonds. The van der Waals surface area contributed by atoms with Gasteiger partial charge in [0.25, 0.3) is 5.91 Å². The summed E-state index contributed by atoms with van der Waals surface area (Å²) in [7, 11) is 2.68. The van der Waals surface area contributed by atoms with E-state index < -0.39 is 73.5 Å². The van der Waals surface area contributed by atoms with Crippen molar-refractivity contribution < 1.29 is 47.9 Å². The molecule has 0 bridgehead atoms. The Bertz CT molecular complexity index is 1440. The van der Waals surface area contributed by atoms with Gasteiger partial charge in [-0.15, -0.1) is 0 Å². The molecule has 43 heavy (non-hydrogen) atoms. The van der Waals surface area contributed by atoms with Gasteiger partial charge in [-0.1, -0.05) is 11.4 Å². The number of anilines is 1. The number of aliphatic hydroxyl groups is 2. The number of nitrogen functional groups attached to an aromatic ring is 1. The van der Waals surface area contributed by atoms with E-state index in [9.17, 15) is 29.2 Å². The molecule has 2 aromatic heterocycles. The van der Waals surface area contributed by atoms with Crippen LogP contribution in [0.3, 0.4) is 0 Å². The number of nitrogens with one attached hydrogen (secondary N) is 2. The average Bonchev–Trinajstić information content (AvgIpc) is 3.53. The Morgan fingerprint density at radius 1 is 1.35 bits per heavy atom. The van der Waals surface area contributed by atoms with Crippen molar-refractivity contribution in [2.45, 2.75) is 69.9 Å². The minimum Gasteiger partial charge on any atom is -0.479 e. The van der Waals surface area contributed by atoms with Gasteiger partial charge in [-0.3, -0.25) is 23.6 Å². The largest absolute Gasteiger partial charge is 0.479 e. The molecule has 2 fully saturated rings. The number of esters is 1. The van der Waals surface area contributed by atoms with Crippen LogP contribution in [0.2, 0.25) is 0 Å². The molecule has 0 aliphatic carbocycles. The number of urea groups is 1. The molecular weight excluding hydrogens is 611 g/mol. The lowest BCUT2D eigenvalue weighted by Gasteiger charge is -2.27. The van der Waals surface area contributed by atoms with Crippen LogP contribution in [-0.2, 0) is 28.2 Å². The second-order valence-corrected chi connectivity index (χ2v) is 14.8. The van der Waals surface area contributed by atoms with Gasteiger partial charge in [-0.05, 0) is 27.7 Å². The number of imidazole rings is 1. The Kier molecular flexibility index (Phi) is 9.55. The number of carbonyl (C=O) groups is 3. The predicted molar refractivity (Wildman–Crippen MR) is 152 cm³/mol. The second-order valence-electron chi connectivity index (χ2n) is 10.4. The van der Waals surface area contributed by atoms with Crippen LogP contribution < -0.4 is 20.9 Å². The quantitative estimate of drug-likeness (QED) is 0.114. The number of carbonyl (C=O) groups excluding carboxylic acids is 3. The van der Waals surface area contributed by atoms with E-state index in [1.807, 2.05) is 0 Å². The second kappa shape index (κ2) is 12.5. The van der Waals surface area contributed by atoms with Crippen molar-refractivity contribution in [1.82, 2.24) is 34.8 Å². The van der Waals surface area contributed by atoms with Gasteiger partial charge >= 0.3 is 18.7 Å². The molecular formula is C23H35N8O10PS. The summed E-state index contributed by atoms with van der Waals surface area (Å²) in [5.41, 5.74) is 4.27. The minimum absolute atomic E-state index is 0.0941. The highest BCUT2D eigenvalue weighted by Gasteiger charge is 2.54. The number of aliphatic hydroxyl groups excluding tert-OH is 1. The van der Waals surface area contributed by atoms with Crippen LogP contribution in [0.4, 0.5) is 10.7 Å². The van der Waals surface area contributed by atoms with Crippen molar-refractivity contribution in [3.05, 3.63) is 6.33 Å². The molecule has 2 aliphatic heterocycles. The number of nitrogens with zero attached hydrogens (tertiary/aromatic N) is 5. The van der Waals surface area contributed by atoms with Crippen LogP contribution in [0, 0.1) is 0 Å². The molecule has 2 saturated heterocycles. The highest BCUT2D eigenvalue weighted by atomic mass is 32.7. The molecule has 6 N–H and O–H groups in total. The van der Waals surface area contributed by atoms with E-state index in [2.05, 4.69) is 25.4 Å². The van der Waals surface area contributed by atoms with Crippen molar-refractivity contribution in [3.63, 3.8) is 0 Å². The van der Waals surface area contributed by atoms with Crippen LogP contribution in [0.15, 0.2) is 6.33 Å². The molecule has 0 saturated carbocycles. The SMILES string of the molecule is COc1nc(N)nc2c1ncn2[C@@H]1O[C@H](COP(=O)(N[C@@H](C)C(=O)OC(C)C)SCC2NC(=O)N(C)C2=O)[C@@H](O)[C@@]1(C)O. The number of methoxy groups -OCH3 is 1. The zero-order valence-electron chi connectivity index (χ0n) is 24.3. The molecule has 4 rings (SSSR count). The number of hydrogen-bond donors (Lipinski definition) is 5. The van der Waals surface area contributed by atoms with Crippen molar-refractivity contribution in [2.24, 2.45) is 0 Å². The van der Waals surface area contributed by atoms with Crippen molar-refractivity contribution in [1.29, 1.82) is 0 Å². The molecule has 238 valence electrons. The molecule has 2 aromatic rings. The highest BCUT2D eigenvalue weighted by Crippen LogP contribution is 2.57. The lowest BCUT2D eigenvalue weighted by molar-refractivity contribution is -0.149. The van der Waals surface area contributed by atoms with E-state index in [4.69, 9.17) is 24.5 Å². The third-order valence-corrected chi connectivity index (χ3v) is 10.8. The van der Waals surface area contributed by atoms with E-state index in [1.54, 1.807) is 13.8 Å². The topological polar surface area (TPSA) is 243 Å². The molecule has 18 nitrogen and oxygen atoms in total. The number of rotatable bonds is 12. The van der Waals surface area contributed by atoms with Crippen molar-refractivity contribution in [2.75, 3.05) is 32.3 Å². The zero-order chi connectivity index (χ0) is 31.9. The van der Waals surface area contributed by atoms with Crippen LogP contribution >= 0.6 is 18.1 Å². The van der Waals surface area contributed by atoms with Crippen molar-refractivity contribution >= 4 is 53.1 Å². The van der Waals surface area contributed by atoms with Gasteiger partial charge in [0.1, 0.15) is 29.9 Å². The fourth-order valence-corrected chi connectivity index (χ4v) is 8.29. The van der Waals surface area contributed by atoms with Crippen LogP contribution in [0.25, 0.3) is 11.2 Å². The fourth-order valence-electron chi connectivity index (χ4n) is 4.43. The number of nitrogens with two attached hydrogens (primary N) is 1. The minimum atomic E-state index is -4.05. The predicted octanol–water partition coefficient (Wildman–Crippen LogP) is -0.236. The van der Waals surface area contributed by atoms with Gasteiger partial charge in [-0.25, -0.2) is 14.9 Å². The number of amides is 3. The summed E-state index contributed by atoms with van der Waals surface area (Å²) in [6.45, 7) is 1.49. The maximum atomic E-state index is 14.0. The first kappa shape index (κ1) is 32.8. The first-order valence-electron chi connectivity index (χ1n) is 13.1. The highest BCUT2D eigenvalue weighted by molar-refractivity contribution is 8.56. The summed E-state index contributed by atoms with van der Waals surface area (Å²) in [5.74, 6) is -1.42. The average molecular weight is 647 g/mol. The third kappa shape index (κ3) is 6.72. The zero-order valence-corrected chi connectivity index (χ0v) is 26.0. The monoisotopic (exact) mass is 646 g/mol. The summed E-state index contributed by atoms with van der Waals surface area (Å²) >= 11 is 0.677. The molecule has 20 heteroatoms. The van der Waals surface area contributed by atoms with E-state index in [-0.39, 0.29) is 28.7 Å². The van der Waals surface area contributed by atoms with Gasteiger partial charge < -0.3 is 40.0 Å². The van der Waals surface area contributed by atoms with Gasteiger partial charge in [0.15, 0.2) is 17.4 Å². The van der Waals surface area contributed by atoms with E-state index >= 15 is 0 Å². The number of aromatic nitrogens is 4. The van der Waals surface area contributed by atoms with E-state index in [0.717, 1.165) is 4.90 Å². The lowest BCUT2D eigenvalue weighted by Crippen LogP contribution is -2.44. The van der Waals surface area contributed by atoms with Gasteiger partial charge in [0, 0.05) is 12.8 Å². The number of fused-ring (bicyclic) bond motifs is 1. The summed E-state index contributed by atoms with van der Waals surface area (Å²) in [5, 5.41) is 27.4. The molecule has 4 heterocycles. The molecule has 2 aliphatic rings. The number of ether oxygens (including phenoxy) is 3. The van der Waals surface area contributed by atoms with Gasteiger partial charge in [-0.2, -0.15) is 9.97 Å². The summed E-state index contributed by atoms with van der Waals surface area (Å²) in [6, 6.07) is -2.70. The van der Waals surface area contributed by atoms with E-state index in [1.165, 1.54) is 38.9 Å². The smallest absolute Gasteiger partial charge is 0.327 e. The Labute approximate surface area is 250 Å². The standard InChI is InChI=1S/C23H35N8O10PS/c1-10(2)40-19(34)11(3)29-42(37,43-8-12-18(33)30(5)22(35)26-12)39-7-13-15(32)23(4,36)20(41-13)31-9-25-14-16(31)27-21(24)28-17(14)38-6/h9-13,15,20,32,36H,7-8H2,1-6H3,(H,26,35)(H,29,37)(H2,24,27,28)/t11-,12?,13+,15+,20+,23+,42?/m0/s1. The first-order valence-corrected chi connectivity index (χ1v) is 16.3. The van der Waals surface area contributed by atoms with Crippen LogP contribution in [0.1, 0.15) is 33.9 Å². The van der Waals surface area contributed by atoms with Crippen LogP contribution in [-0.4, -0.2) is 115 Å². The number of imide groups is 1. The maximum absolute atomic E-state index is 14.0. The lowest BCUT2D eigenvalue weighted by atomic mass is 9.96. The first-order chi connectivity index (χ1) is 20.1. The summed E-state index contributed by atoms with van der Waals surface area (Å²) in [6.07, 6.45) is -3.16. The Morgan fingerprint density at radius 2 is 2.05 bits per heavy atom. The number of likely N-dealkylation sites (N-methyl/N-ethyl adjacent to an activating group) is 1.